The summed E-state index contributed by atoms with van der Waals surface area (Å²) >= 11 is 0. The van der Waals surface area contributed by atoms with Crippen molar-refractivity contribution in [3.63, 3.8) is 0 Å². The molecule has 0 saturated carbocycles. The zero-order valence-electron chi connectivity index (χ0n) is 9.74. The molecule has 6 heteroatoms. The van der Waals surface area contributed by atoms with Crippen LogP contribution >= 0.6 is 0 Å². The molecule has 0 atom stereocenters. The first-order chi connectivity index (χ1) is 8.75. The highest BCUT2D eigenvalue weighted by atomic mass is 16.5. The van der Waals surface area contributed by atoms with Crippen LogP contribution < -0.4 is 20.9 Å². The van der Waals surface area contributed by atoms with Crippen LogP contribution in [0.15, 0.2) is 36.7 Å². The molecule has 2 aromatic rings. The summed E-state index contributed by atoms with van der Waals surface area (Å²) in [6.07, 6.45) is 3.15. The largest absolute Gasteiger partial charge is 0.474 e. The first kappa shape index (κ1) is 12.0. The third kappa shape index (κ3) is 3.24. The first-order valence-corrected chi connectivity index (χ1v) is 5.43. The number of pyridine rings is 2. The Hall–Kier alpha value is -2.50. The Morgan fingerprint density at radius 1 is 1.06 bits per heavy atom. The molecule has 0 fully saturated rings. The summed E-state index contributed by atoms with van der Waals surface area (Å²) in [5, 5.41) is 0. The summed E-state index contributed by atoms with van der Waals surface area (Å²) < 4.78 is 10.7. The van der Waals surface area contributed by atoms with E-state index < -0.39 is 0 Å². The monoisotopic (exact) mass is 246 g/mol. The third-order valence-corrected chi connectivity index (χ3v) is 2.11. The molecule has 0 aliphatic heterocycles. The standard InChI is InChI=1S/C12H14N4O2/c13-9-7-10(14)12(16-8-9)18-6-5-17-11-3-1-2-4-15-11/h1-4,7-8H,5-6,13-14H2. The summed E-state index contributed by atoms with van der Waals surface area (Å²) in [4.78, 5) is 8.00. The van der Waals surface area contributed by atoms with E-state index in [0.29, 0.717) is 36.3 Å². The Bertz CT molecular complexity index is 505. The Balaban J connectivity index is 1.79. The van der Waals surface area contributed by atoms with E-state index in [1.807, 2.05) is 12.1 Å². The van der Waals surface area contributed by atoms with Crippen LogP contribution in [0.1, 0.15) is 0 Å². The Morgan fingerprint density at radius 3 is 2.61 bits per heavy atom. The van der Waals surface area contributed by atoms with Gasteiger partial charge in [-0.2, -0.15) is 0 Å². The molecule has 2 rings (SSSR count). The van der Waals surface area contributed by atoms with E-state index in [2.05, 4.69) is 9.97 Å². The molecule has 94 valence electrons. The number of hydrogen-bond donors (Lipinski definition) is 2. The molecule has 6 nitrogen and oxygen atoms in total. The highest BCUT2D eigenvalue weighted by Gasteiger charge is 2.02. The fourth-order valence-electron chi connectivity index (χ4n) is 1.32. The normalized spacial score (nSPS) is 10.0. The number of rotatable bonds is 5. The highest BCUT2D eigenvalue weighted by Crippen LogP contribution is 2.19. The number of hydrogen-bond acceptors (Lipinski definition) is 6. The second kappa shape index (κ2) is 5.72. The number of nitrogens with zero attached hydrogens (tertiary/aromatic N) is 2. The lowest BCUT2D eigenvalue weighted by Gasteiger charge is -2.08. The van der Waals surface area contributed by atoms with Gasteiger partial charge in [-0.05, 0) is 12.1 Å². The Morgan fingerprint density at radius 2 is 1.89 bits per heavy atom. The van der Waals surface area contributed by atoms with Gasteiger partial charge in [-0.1, -0.05) is 6.07 Å². The molecule has 18 heavy (non-hydrogen) atoms. The quantitative estimate of drug-likeness (QED) is 0.767. The maximum atomic E-state index is 5.69. The van der Waals surface area contributed by atoms with E-state index in [1.54, 1.807) is 18.3 Å². The van der Waals surface area contributed by atoms with Crippen LogP contribution in [0.4, 0.5) is 11.4 Å². The highest BCUT2D eigenvalue weighted by molar-refractivity contribution is 5.55. The number of nitrogens with two attached hydrogens (primary N) is 2. The summed E-state index contributed by atoms with van der Waals surface area (Å²) in [7, 11) is 0. The van der Waals surface area contributed by atoms with Crippen LogP contribution in [-0.2, 0) is 0 Å². The SMILES string of the molecule is Nc1cnc(OCCOc2ccccn2)c(N)c1. The lowest BCUT2D eigenvalue weighted by atomic mass is 10.4. The minimum absolute atomic E-state index is 0.331. The zero-order chi connectivity index (χ0) is 12.8. The van der Waals surface area contributed by atoms with Crippen molar-refractivity contribution in [2.75, 3.05) is 24.7 Å². The van der Waals surface area contributed by atoms with Crippen LogP contribution in [0.25, 0.3) is 0 Å². The van der Waals surface area contributed by atoms with Crippen molar-refractivity contribution < 1.29 is 9.47 Å². The van der Waals surface area contributed by atoms with Crippen molar-refractivity contribution in [2.24, 2.45) is 0 Å². The third-order valence-electron chi connectivity index (χ3n) is 2.11. The summed E-state index contributed by atoms with van der Waals surface area (Å²) in [5.41, 5.74) is 12.1. The lowest BCUT2D eigenvalue weighted by molar-refractivity contribution is 0.208. The van der Waals surface area contributed by atoms with Crippen molar-refractivity contribution in [1.29, 1.82) is 0 Å². The average molecular weight is 246 g/mol. The number of nitrogen functional groups attached to an aromatic ring is 2. The summed E-state index contributed by atoms with van der Waals surface area (Å²) in [6.45, 7) is 0.695. The van der Waals surface area contributed by atoms with E-state index >= 15 is 0 Å². The van der Waals surface area contributed by atoms with Crippen molar-refractivity contribution >= 4 is 11.4 Å². The molecule has 4 N–H and O–H groups in total. The number of aromatic nitrogens is 2. The average Bonchev–Trinajstić information content (AvgIpc) is 2.38. The molecule has 0 aliphatic carbocycles. The molecule has 2 heterocycles. The van der Waals surface area contributed by atoms with Gasteiger partial charge in [-0.25, -0.2) is 9.97 Å². The summed E-state index contributed by atoms with van der Waals surface area (Å²) in [6, 6.07) is 7.04. The van der Waals surface area contributed by atoms with Crippen LogP contribution in [0, 0.1) is 0 Å². The summed E-state index contributed by atoms with van der Waals surface area (Å²) in [5.74, 6) is 0.910. The van der Waals surface area contributed by atoms with Crippen molar-refractivity contribution in [3.8, 4) is 11.8 Å². The van der Waals surface area contributed by atoms with Gasteiger partial charge >= 0.3 is 0 Å². The molecule has 0 radical (unpaired) electrons. The van der Waals surface area contributed by atoms with E-state index in [0.717, 1.165) is 0 Å². The van der Waals surface area contributed by atoms with Gasteiger partial charge in [0, 0.05) is 12.3 Å². The molecule has 0 aromatic carbocycles. The molecular formula is C12H14N4O2. The first-order valence-electron chi connectivity index (χ1n) is 5.43. The molecule has 0 spiro atoms. The molecule has 0 bridgehead atoms. The molecule has 0 aliphatic rings. The van der Waals surface area contributed by atoms with Crippen molar-refractivity contribution in [1.82, 2.24) is 9.97 Å². The molecule has 0 saturated heterocycles. The van der Waals surface area contributed by atoms with Crippen molar-refractivity contribution in [3.05, 3.63) is 36.7 Å². The van der Waals surface area contributed by atoms with Gasteiger partial charge in [0.05, 0.1) is 17.6 Å². The number of ether oxygens (including phenoxy) is 2. The van der Waals surface area contributed by atoms with Gasteiger partial charge in [-0.3, -0.25) is 0 Å². The maximum absolute atomic E-state index is 5.69. The second-order valence-electron chi connectivity index (χ2n) is 3.53. The second-order valence-corrected chi connectivity index (χ2v) is 3.53. The molecule has 0 unspecified atom stereocenters. The van der Waals surface area contributed by atoms with Crippen molar-refractivity contribution in [2.45, 2.75) is 0 Å². The van der Waals surface area contributed by atoms with E-state index in [9.17, 15) is 0 Å². The molecule has 0 amide bonds. The van der Waals surface area contributed by atoms with Gasteiger partial charge in [0.1, 0.15) is 13.2 Å². The van der Waals surface area contributed by atoms with Crippen LogP contribution in [0.3, 0.4) is 0 Å². The Kier molecular flexibility index (Phi) is 3.80. The molecular weight excluding hydrogens is 232 g/mol. The smallest absolute Gasteiger partial charge is 0.237 e. The lowest BCUT2D eigenvalue weighted by Crippen LogP contribution is -2.11. The van der Waals surface area contributed by atoms with E-state index in [4.69, 9.17) is 20.9 Å². The van der Waals surface area contributed by atoms with Crippen LogP contribution in [0.5, 0.6) is 11.8 Å². The van der Waals surface area contributed by atoms with Gasteiger partial charge in [0.25, 0.3) is 0 Å². The molecule has 2 aromatic heterocycles. The topological polar surface area (TPSA) is 96.3 Å². The van der Waals surface area contributed by atoms with Gasteiger partial charge in [-0.15, -0.1) is 0 Å². The fraction of sp³-hybridized carbons (Fsp3) is 0.167. The van der Waals surface area contributed by atoms with E-state index in [-0.39, 0.29) is 0 Å². The van der Waals surface area contributed by atoms with Crippen LogP contribution in [-0.4, -0.2) is 23.2 Å². The zero-order valence-corrected chi connectivity index (χ0v) is 9.74. The predicted octanol–water partition coefficient (Wildman–Crippen LogP) is 1.10. The van der Waals surface area contributed by atoms with Gasteiger partial charge < -0.3 is 20.9 Å². The Labute approximate surface area is 105 Å². The fourth-order valence-corrected chi connectivity index (χ4v) is 1.32. The van der Waals surface area contributed by atoms with Gasteiger partial charge in [0.2, 0.25) is 11.8 Å². The number of anilines is 2. The van der Waals surface area contributed by atoms with E-state index in [1.165, 1.54) is 6.20 Å². The van der Waals surface area contributed by atoms with Crippen LogP contribution in [0.2, 0.25) is 0 Å². The van der Waals surface area contributed by atoms with Gasteiger partial charge in [0.15, 0.2) is 0 Å². The minimum Gasteiger partial charge on any atom is -0.474 e. The predicted molar refractivity (Wildman–Crippen MR) is 68.3 cm³/mol. The maximum Gasteiger partial charge on any atom is 0.237 e. The minimum atomic E-state index is 0.331.